The first-order valence-corrected chi connectivity index (χ1v) is 4.66. The first-order chi connectivity index (χ1) is 7.16. The van der Waals surface area contributed by atoms with Crippen LogP contribution in [0.4, 0.5) is 0 Å². The Labute approximate surface area is 87.5 Å². The summed E-state index contributed by atoms with van der Waals surface area (Å²) in [6, 6.07) is 6.00. The minimum absolute atomic E-state index is 0.0291. The lowest BCUT2D eigenvalue weighted by molar-refractivity contribution is 0.0494. The van der Waals surface area contributed by atoms with Crippen LogP contribution in [-0.2, 0) is 4.74 Å². The Morgan fingerprint density at radius 1 is 1.27 bits per heavy atom. The number of esters is 1. The van der Waals surface area contributed by atoms with Crippen molar-refractivity contribution in [3.8, 4) is 0 Å². The van der Waals surface area contributed by atoms with E-state index in [9.17, 15) is 9.59 Å². The molecule has 0 spiro atoms. The maximum absolute atomic E-state index is 11.4. The Balaban J connectivity index is 2.92. The van der Waals surface area contributed by atoms with Crippen molar-refractivity contribution in [2.45, 2.75) is 13.3 Å². The van der Waals surface area contributed by atoms with Gasteiger partial charge in [0.15, 0.2) is 0 Å². The van der Waals surface area contributed by atoms with Crippen molar-refractivity contribution in [1.82, 2.24) is 0 Å². The van der Waals surface area contributed by atoms with Crippen molar-refractivity contribution in [3.05, 3.63) is 35.4 Å². The van der Waals surface area contributed by atoms with Crippen molar-refractivity contribution in [2.24, 2.45) is 0 Å². The molecule has 1 aromatic carbocycles. The summed E-state index contributed by atoms with van der Waals surface area (Å²) in [5.41, 5.74) is 0.0667. The lowest BCUT2D eigenvalue weighted by Gasteiger charge is -2.05. The van der Waals surface area contributed by atoms with Crippen LogP contribution in [0.1, 0.15) is 34.1 Å². The highest BCUT2D eigenvalue weighted by Crippen LogP contribution is 2.10. The zero-order valence-electron chi connectivity index (χ0n) is 8.40. The van der Waals surface area contributed by atoms with Crippen molar-refractivity contribution in [1.29, 1.82) is 0 Å². The van der Waals surface area contributed by atoms with E-state index in [0.29, 0.717) is 13.0 Å². The quantitative estimate of drug-likeness (QED) is 0.768. The minimum atomic E-state index is -1.13. The standard InChI is InChI=1S/C11H12O4/c1-2-7-15-11(14)9-6-4-3-5-8(9)10(12)13/h3-6H,2,7H2,1H3,(H,12,13). The van der Waals surface area contributed by atoms with Crippen LogP contribution in [0.3, 0.4) is 0 Å². The Morgan fingerprint density at radius 3 is 2.40 bits per heavy atom. The van der Waals surface area contributed by atoms with Crippen molar-refractivity contribution in [2.75, 3.05) is 6.61 Å². The zero-order chi connectivity index (χ0) is 11.3. The normalized spacial score (nSPS) is 9.67. The summed E-state index contributed by atoms with van der Waals surface area (Å²) in [6.45, 7) is 2.17. The predicted octanol–water partition coefficient (Wildman–Crippen LogP) is 1.95. The van der Waals surface area contributed by atoms with Gasteiger partial charge in [-0.05, 0) is 18.6 Å². The van der Waals surface area contributed by atoms with E-state index in [0.717, 1.165) is 0 Å². The minimum Gasteiger partial charge on any atom is -0.478 e. The third-order valence-corrected chi connectivity index (χ3v) is 1.81. The van der Waals surface area contributed by atoms with E-state index in [-0.39, 0.29) is 11.1 Å². The molecule has 0 saturated carbocycles. The number of carbonyl (C=O) groups excluding carboxylic acids is 1. The van der Waals surface area contributed by atoms with Gasteiger partial charge in [0.2, 0.25) is 0 Å². The highest BCUT2D eigenvalue weighted by molar-refractivity contribution is 6.02. The third-order valence-electron chi connectivity index (χ3n) is 1.81. The van der Waals surface area contributed by atoms with Gasteiger partial charge in [-0.2, -0.15) is 0 Å². The van der Waals surface area contributed by atoms with Gasteiger partial charge in [-0.15, -0.1) is 0 Å². The molecule has 0 aliphatic rings. The Bertz CT molecular complexity index is 371. The lowest BCUT2D eigenvalue weighted by Crippen LogP contribution is -2.11. The van der Waals surface area contributed by atoms with Gasteiger partial charge >= 0.3 is 11.9 Å². The highest BCUT2D eigenvalue weighted by atomic mass is 16.5. The molecule has 0 bridgehead atoms. The Morgan fingerprint density at radius 2 is 1.87 bits per heavy atom. The third kappa shape index (κ3) is 2.80. The molecule has 15 heavy (non-hydrogen) atoms. The number of carboxylic acid groups (broad SMARTS) is 1. The lowest BCUT2D eigenvalue weighted by atomic mass is 10.1. The summed E-state index contributed by atoms with van der Waals surface area (Å²) in [4.78, 5) is 22.2. The second-order valence-electron chi connectivity index (χ2n) is 2.99. The molecule has 4 heteroatoms. The molecule has 1 rings (SSSR count). The number of carbonyl (C=O) groups is 2. The molecule has 0 heterocycles. The van der Waals surface area contributed by atoms with Crippen LogP contribution in [0.15, 0.2) is 24.3 Å². The van der Waals surface area contributed by atoms with Crippen LogP contribution in [-0.4, -0.2) is 23.7 Å². The summed E-state index contributed by atoms with van der Waals surface area (Å²) >= 11 is 0. The number of rotatable bonds is 4. The van der Waals surface area contributed by atoms with Crippen LogP contribution in [0.25, 0.3) is 0 Å². The fraction of sp³-hybridized carbons (Fsp3) is 0.273. The molecule has 0 radical (unpaired) electrons. The fourth-order valence-corrected chi connectivity index (χ4v) is 1.12. The number of hydrogen-bond acceptors (Lipinski definition) is 3. The van der Waals surface area contributed by atoms with Crippen LogP contribution in [0, 0.1) is 0 Å². The summed E-state index contributed by atoms with van der Waals surface area (Å²) in [5, 5.41) is 8.83. The number of aromatic carboxylic acids is 1. The SMILES string of the molecule is CCCOC(=O)c1ccccc1C(=O)O. The smallest absolute Gasteiger partial charge is 0.339 e. The van der Waals surface area contributed by atoms with Crippen LogP contribution in [0.5, 0.6) is 0 Å². The Hall–Kier alpha value is -1.84. The molecule has 0 aliphatic heterocycles. The van der Waals surface area contributed by atoms with Crippen LogP contribution < -0.4 is 0 Å². The fourth-order valence-electron chi connectivity index (χ4n) is 1.12. The first kappa shape index (κ1) is 11.2. The second-order valence-corrected chi connectivity index (χ2v) is 2.99. The number of benzene rings is 1. The monoisotopic (exact) mass is 208 g/mol. The first-order valence-electron chi connectivity index (χ1n) is 4.66. The van der Waals surface area contributed by atoms with Crippen molar-refractivity contribution < 1.29 is 19.4 Å². The topological polar surface area (TPSA) is 63.6 Å². The average molecular weight is 208 g/mol. The number of ether oxygens (including phenoxy) is 1. The summed E-state index contributed by atoms with van der Waals surface area (Å²) in [7, 11) is 0. The maximum Gasteiger partial charge on any atom is 0.339 e. The summed E-state index contributed by atoms with van der Waals surface area (Å²) in [5.74, 6) is -1.71. The molecular formula is C11H12O4. The molecule has 1 N–H and O–H groups in total. The maximum atomic E-state index is 11.4. The molecule has 0 aliphatic carbocycles. The number of hydrogen-bond donors (Lipinski definition) is 1. The molecule has 0 saturated heterocycles. The van der Waals surface area contributed by atoms with E-state index < -0.39 is 11.9 Å². The van der Waals surface area contributed by atoms with E-state index in [1.54, 1.807) is 12.1 Å². The molecule has 0 fully saturated rings. The molecule has 0 atom stereocenters. The molecule has 0 unspecified atom stereocenters. The highest BCUT2D eigenvalue weighted by Gasteiger charge is 2.16. The Kier molecular flexibility index (Phi) is 3.85. The largest absolute Gasteiger partial charge is 0.478 e. The van der Waals surface area contributed by atoms with Crippen molar-refractivity contribution in [3.63, 3.8) is 0 Å². The second kappa shape index (κ2) is 5.14. The van der Waals surface area contributed by atoms with Crippen molar-refractivity contribution >= 4 is 11.9 Å². The van der Waals surface area contributed by atoms with Gasteiger partial charge in [-0.25, -0.2) is 9.59 Å². The van der Waals surface area contributed by atoms with Gasteiger partial charge in [0, 0.05) is 0 Å². The van der Waals surface area contributed by atoms with E-state index in [4.69, 9.17) is 9.84 Å². The van der Waals surface area contributed by atoms with Gasteiger partial charge in [-0.3, -0.25) is 0 Å². The molecule has 1 aromatic rings. The van der Waals surface area contributed by atoms with E-state index in [2.05, 4.69) is 0 Å². The molecule has 0 aromatic heterocycles. The average Bonchev–Trinajstić information content (AvgIpc) is 2.25. The summed E-state index contributed by atoms with van der Waals surface area (Å²) in [6.07, 6.45) is 0.709. The van der Waals surface area contributed by atoms with Gasteiger partial charge in [0.1, 0.15) is 0 Å². The van der Waals surface area contributed by atoms with Crippen LogP contribution in [0.2, 0.25) is 0 Å². The molecule has 4 nitrogen and oxygen atoms in total. The van der Waals surface area contributed by atoms with E-state index in [1.807, 2.05) is 6.92 Å². The molecule has 80 valence electrons. The zero-order valence-corrected chi connectivity index (χ0v) is 8.40. The molecule has 0 amide bonds. The van der Waals surface area contributed by atoms with Gasteiger partial charge < -0.3 is 9.84 Å². The van der Waals surface area contributed by atoms with Gasteiger partial charge in [0.05, 0.1) is 17.7 Å². The van der Waals surface area contributed by atoms with Gasteiger partial charge in [-0.1, -0.05) is 19.1 Å². The molecular weight excluding hydrogens is 196 g/mol. The van der Waals surface area contributed by atoms with E-state index in [1.165, 1.54) is 12.1 Å². The van der Waals surface area contributed by atoms with Crippen LogP contribution >= 0.6 is 0 Å². The van der Waals surface area contributed by atoms with Gasteiger partial charge in [0.25, 0.3) is 0 Å². The number of carboxylic acids is 1. The summed E-state index contributed by atoms with van der Waals surface area (Å²) < 4.78 is 4.87. The predicted molar refractivity (Wildman–Crippen MR) is 54.0 cm³/mol. The van der Waals surface area contributed by atoms with E-state index >= 15 is 0 Å².